The summed E-state index contributed by atoms with van der Waals surface area (Å²) in [5.41, 5.74) is 1.62. The van der Waals surface area contributed by atoms with Gasteiger partial charge in [0.25, 0.3) is 0 Å². The Morgan fingerprint density at radius 3 is 2.64 bits per heavy atom. The third-order valence-corrected chi connectivity index (χ3v) is 4.61. The first-order chi connectivity index (χ1) is 12.1. The van der Waals surface area contributed by atoms with Crippen molar-refractivity contribution < 1.29 is 9.53 Å². The van der Waals surface area contributed by atoms with E-state index in [4.69, 9.17) is 10.00 Å². The lowest BCUT2D eigenvalue weighted by Crippen LogP contribution is -2.26. The second-order valence-electron chi connectivity index (χ2n) is 6.29. The standard InChI is InChI=1S/C17H14N6O2/c18-7-13-8-22(21-20-13)9-15-10-23(16(24)25-15)14-3-1-12(2-4-14)17(11-19)5-6-17/h1-4,8,15H,5-6,9-10H2. The van der Waals surface area contributed by atoms with Gasteiger partial charge in [0.2, 0.25) is 0 Å². The molecule has 1 aromatic heterocycles. The average molecular weight is 334 g/mol. The lowest BCUT2D eigenvalue weighted by molar-refractivity contribution is 0.129. The minimum Gasteiger partial charge on any atom is -0.442 e. The molecule has 0 spiro atoms. The topological polar surface area (TPSA) is 108 Å². The van der Waals surface area contributed by atoms with Gasteiger partial charge in [-0.25, -0.2) is 9.48 Å². The van der Waals surface area contributed by atoms with E-state index in [9.17, 15) is 10.1 Å². The molecule has 1 aliphatic carbocycles. The monoisotopic (exact) mass is 334 g/mol. The molecule has 1 saturated heterocycles. The Bertz CT molecular complexity index is 900. The Balaban J connectivity index is 1.45. The Morgan fingerprint density at radius 2 is 2.04 bits per heavy atom. The number of ether oxygens (including phenoxy) is 1. The molecule has 2 aromatic rings. The van der Waals surface area contributed by atoms with Crippen LogP contribution in [0.4, 0.5) is 10.5 Å². The maximum Gasteiger partial charge on any atom is 0.414 e. The van der Waals surface area contributed by atoms with E-state index in [1.165, 1.54) is 10.9 Å². The molecule has 124 valence electrons. The van der Waals surface area contributed by atoms with Crippen molar-refractivity contribution in [1.82, 2.24) is 15.0 Å². The third-order valence-electron chi connectivity index (χ3n) is 4.61. The maximum absolute atomic E-state index is 12.1. The fourth-order valence-electron chi connectivity index (χ4n) is 3.03. The lowest BCUT2D eigenvalue weighted by atomic mass is 9.97. The summed E-state index contributed by atoms with van der Waals surface area (Å²) in [4.78, 5) is 13.7. The van der Waals surface area contributed by atoms with Crippen LogP contribution in [-0.4, -0.2) is 33.7 Å². The molecule has 2 fully saturated rings. The smallest absolute Gasteiger partial charge is 0.414 e. The number of amides is 1. The summed E-state index contributed by atoms with van der Waals surface area (Å²) in [7, 11) is 0. The predicted octanol–water partition coefficient (Wildman–Crippen LogP) is 1.73. The number of hydrogen-bond acceptors (Lipinski definition) is 6. The van der Waals surface area contributed by atoms with Crippen LogP contribution in [0.3, 0.4) is 0 Å². The van der Waals surface area contributed by atoms with Crippen LogP contribution >= 0.6 is 0 Å². The molecule has 4 rings (SSSR count). The van der Waals surface area contributed by atoms with Gasteiger partial charge in [0, 0.05) is 5.69 Å². The van der Waals surface area contributed by atoms with Gasteiger partial charge in [-0.15, -0.1) is 5.10 Å². The number of benzene rings is 1. The highest BCUT2D eigenvalue weighted by atomic mass is 16.6. The van der Waals surface area contributed by atoms with E-state index in [1.54, 1.807) is 4.90 Å². The largest absolute Gasteiger partial charge is 0.442 e. The van der Waals surface area contributed by atoms with Gasteiger partial charge < -0.3 is 4.74 Å². The third kappa shape index (κ3) is 2.68. The predicted molar refractivity (Wildman–Crippen MR) is 85.3 cm³/mol. The molecule has 0 radical (unpaired) electrons. The molecule has 8 heteroatoms. The Kier molecular flexibility index (Phi) is 3.40. The van der Waals surface area contributed by atoms with Crippen LogP contribution in [0.25, 0.3) is 0 Å². The molecular formula is C17H14N6O2. The minimum absolute atomic E-state index is 0.225. The molecule has 0 N–H and O–H groups in total. The van der Waals surface area contributed by atoms with Crippen molar-refractivity contribution in [3.8, 4) is 12.1 Å². The highest BCUT2D eigenvalue weighted by molar-refractivity contribution is 5.89. The van der Waals surface area contributed by atoms with Gasteiger partial charge in [0.1, 0.15) is 12.2 Å². The zero-order chi connectivity index (χ0) is 17.4. The molecule has 2 aliphatic rings. The van der Waals surface area contributed by atoms with Gasteiger partial charge in [0.15, 0.2) is 5.69 Å². The van der Waals surface area contributed by atoms with Crippen molar-refractivity contribution in [2.24, 2.45) is 0 Å². The van der Waals surface area contributed by atoms with Gasteiger partial charge in [-0.2, -0.15) is 10.5 Å². The molecule has 2 heterocycles. The highest BCUT2D eigenvalue weighted by Gasteiger charge is 2.45. The molecule has 25 heavy (non-hydrogen) atoms. The van der Waals surface area contributed by atoms with Crippen molar-refractivity contribution in [1.29, 1.82) is 10.5 Å². The number of carbonyl (C=O) groups is 1. The average Bonchev–Trinajstić information content (AvgIpc) is 3.17. The fourth-order valence-corrected chi connectivity index (χ4v) is 3.03. The van der Waals surface area contributed by atoms with E-state index in [0.717, 1.165) is 24.1 Å². The molecule has 1 atom stereocenters. The first-order valence-electron chi connectivity index (χ1n) is 7.94. The molecule has 1 unspecified atom stereocenters. The lowest BCUT2D eigenvalue weighted by Gasteiger charge is -2.14. The SMILES string of the molecule is N#Cc1cn(CC2CN(c3ccc(C4(C#N)CC4)cc3)C(=O)O2)nn1. The minimum atomic E-state index is -0.417. The normalized spacial score (nSPS) is 20.6. The number of rotatable bonds is 4. The number of anilines is 1. The van der Waals surface area contributed by atoms with Crippen LogP contribution < -0.4 is 4.90 Å². The van der Waals surface area contributed by atoms with E-state index in [2.05, 4.69) is 16.4 Å². The zero-order valence-electron chi connectivity index (χ0n) is 13.3. The van der Waals surface area contributed by atoms with Gasteiger partial charge >= 0.3 is 6.09 Å². The fraction of sp³-hybridized carbons (Fsp3) is 0.353. The van der Waals surface area contributed by atoms with Crippen LogP contribution in [0.2, 0.25) is 0 Å². The summed E-state index contributed by atoms with van der Waals surface area (Å²) < 4.78 is 6.86. The van der Waals surface area contributed by atoms with Crippen LogP contribution in [0.1, 0.15) is 24.1 Å². The van der Waals surface area contributed by atoms with Crippen molar-refractivity contribution in [2.45, 2.75) is 30.9 Å². The Morgan fingerprint density at radius 1 is 1.28 bits per heavy atom. The zero-order valence-corrected chi connectivity index (χ0v) is 13.3. The second-order valence-corrected chi connectivity index (χ2v) is 6.29. The van der Waals surface area contributed by atoms with E-state index in [-0.39, 0.29) is 17.2 Å². The summed E-state index contributed by atoms with van der Waals surface area (Å²) in [6.07, 6.45) is 2.51. The number of carbonyl (C=O) groups excluding carboxylic acids is 1. The van der Waals surface area contributed by atoms with E-state index >= 15 is 0 Å². The number of hydrogen-bond donors (Lipinski definition) is 0. The quantitative estimate of drug-likeness (QED) is 0.842. The summed E-state index contributed by atoms with van der Waals surface area (Å²) >= 11 is 0. The molecule has 1 saturated carbocycles. The van der Waals surface area contributed by atoms with Gasteiger partial charge in [-0.1, -0.05) is 17.3 Å². The maximum atomic E-state index is 12.1. The molecule has 8 nitrogen and oxygen atoms in total. The number of cyclic esters (lactones) is 1. The second kappa shape index (κ2) is 5.60. The Hall–Kier alpha value is -3.39. The van der Waals surface area contributed by atoms with Crippen molar-refractivity contribution in [2.75, 3.05) is 11.4 Å². The summed E-state index contributed by atoms with van der Waals surface area (Å²) in [5.74, 6) is 0. The van der Waals surface area contributed by atoms with Crippen LogP contribution in [-0.2, 0) is 16.7 Å². The number of aromatic nitrogens is 3. The van der Waals surface area contributed by atoms with Gasteiger partial charge in [0.05, 0.1) is 30.8 Å². The van der Waals surface area contributed by atoms with Crippen molar-refractivity contribution in [3.05, 3.63) is 41.7 Å². The first-order valence-corrected chi connectivity index (χ1v) is 7.94. The number of nitrogens with zero attached hydrogens (tertiary/aromatic N) is 6. The molecule has 0 bridgehead atoms. The van der Waals surface area contributed by atoms with E-state index < -0.39 is 6.09 Å². The van der Waals surface area contributed by atoms with Crippen LogP contribution in [0.15, 0.2) is 30.5 Å². The summed E-state index contributed by atoms with van der Waals surface area (Å²) in [5, 5.41) is 25.5. The summed E-state index contributed by atoms with van der Waals surface area (Å²) in [6.45, 7) is 0.732. The van der Waals surface area contributed by atoms with Crippen molar-refractivity contribution in [3.63, 3.8) is 0 Å². The summed E-state index contributed by atoms with van der Waals surface area (Å²) in [6, 6.07) is 11.8. The van der Waals surface area contributed by atoms with Gasteiger partial charge in [-0.05, 0) is 30.5 Å². The molecule has 1 amide bonds. The van der Waals surface area contributed by atoms with E-state index in [0.29, 0.717) is 13.1 Å². The van der Waals surface area contributed by atoms with E-state index in [1.807, 2.05) is 30.3 Å². The van der Waals surface area contributed by atoms with Crippen LogP contribution in [0.5, 0.6) is 0 Å². The number of nitriles is 2. The van der Waals surface area contributed by atoms with Gasteiger partial charge in [-0.3, -0.25) is 4.90 Å². The van der Waals surface area contributed by atoms with Crippen LogP contribution in [0, 0.1) is 22.7 Å². The Labute approximate surface area is 143 Å². The van der Waals surface area contributed by atoms with Crippen molar-refractivity contribution >= 4 is 11.8 Å². The molecule has 1 aliphatic heterocycles. The molecule has 1 aromatic carbocycles. The first kappa shape index (κ1) is 15.2. The highest BCUT2D eigenvalue weighted by Crippen LogP contribution is 2.47. The molecular weight excluding hydrogens is 320 g/mol.